The van der Waals surface area contributed by atoms with Crippen LogP contribution in [0.2, 0.25) is 0 Å². The summed E-state index contributed by atoms with van der Waals surface area (Å²) in [6.45, 7) is 2.97. The molecule has 2 aromatic rings. The SMILES string of the molecule is COc1ccc(CNC(=O)NCc2ccccc2C)cn1. The van der Waals surface area contributed by atoms with Crippen molar-refractivity contribution in [2.45, 2.75) is 20.0 Å². The normalized spacial score (nSPS) is 10.0. The van der Waals surface area contributed by atoms with Crippen molar-refractivity contribution in [3.63, 3.8) is 0 Å². The second-order valence-corrected chi connectivity index (χ2v) is 4.67. The maximum absolute atomic E-state index is 11.8. The Kier molecular flexibility index (Phi) is 5.15. The topological polar surface area (TPSA) is 63.2 Å². The molecule has 0 bridgehead atoms. The number of carbonyl (C=O) groups excluding carboxylic acids is 1. The number of ether oxygens (including phenoxy) is 1. The molecule has 21 heavy (non-hydrogen) atoms. The first kappa shape index (κ1) is 14.8. The highest BCUT2D eigenvalue weighted by Crippen LogP contribution is 2.07. The van der Waals surface area contributed by atoms with E-state index in [1.54, 1.807) is 19.4 Å². The summed E-state index contributed by atoms with van der Waals surface area (Å²) in [5.41, 5.74) is 3.19. The Hall–Kier alpha value is -2.56. The van der Waals surface area contributed by atoms with E-state index in [1.165, 1.54) is 0 Å². The van der Waals surface area contributed by atoms with Gasteiger partial charge in [-0.15, -0.1) is 0 Å². The molecule has 0 fully saturated rings. The monoisotopic (exact) mass is 285 g/mol. The van der Waals surface area contributed by atoms with Gasteiger partial charge in [0.25, 0.3) is 0 Å². The highest BCUT2D eigenvalue weighted by Gasteiger charge is 2.03. The highest BCUT2D eigenvalue weighted by molar-refractivity contribution is 5.73. The summed E-state index contributed by atoms with van der Waals surface area (Å²) in [6.07, 6.45) is 1.68. The lowest BCUT2D eigenvalue weighted by molar-refractivity contribution is 0.240. The van der Waals surface area contributed by atoms with Crippen LogP contribution in [0.4, 0.5) is 4.79 Å². The number of hydrogen-bond acceptors (Lipinski definition) is 3. The maximum Gasteiger partial charge on any atom is 0.315 e. The minimum Gasteiger partial charge on any atom is -0.481 e. The van der Waals surface area contributed by atoms with E-state index in [9.17, 15) is 4.79 Å². The molecule has 0 unspecified atom stereocenters. The minimum atomic E-state index is -0.200. The Labute approximate surface area is 124 Å². The zero-order valence-electron chi connectivity index (χ0n) is 12.2. The van der Waals surface area contributed by atoms with Crippen molar-refractivity contribution in [3.8, 4) is 5.88 Å². The molecule has 0 aliphatic rings. The van der Waals surface area contributed by atoms with Gasteiger partial charge in [-0.05, 0) is 23.6 Å². The molecular weight excluding hydrogens is 266 g/mol. The number of pyridine rings is 1. The molecular formula is C16H19N3O2. The number of aromatic nitrogens is 1. The van der Waals surface area contributed by atoms with E-state index >= 15 is 0 Å². The van der Waals surface area contributed by atoms with Gasteiger partial charge in [0.1, 0.15) is 0 Å². The van der Waals surface area contributed by atoms with Crippen LogP contribution in [0.5, 0.6) is 5.88 Å². The second-order valence-electron chi connectivity index (χ2n) is 4.67. The number of urea groups is 1. The molecule has 5 heteroatoms. The van der Waals surface area contributed by atoms with Gasteiger partial charge in [0.2, 0.25) is 5.88 Å². The Bertz CT molecular complexity index is 597. The van der Waals surface area contributed by atoms with Gasteiger partial charge < -0.3 is 15.4 Å². The number of nitrogens with zero attached hydrogens (tertiary/aromatic N) is 1. The summed E-state index contributed by atoms with van der Waals surface area (Å²) in [4.78, 5) is 15.8. The third kappa shape index (κ3) is 4.49. The van der Waals surface area contributed by atoms with Gasteiger partial charge in [-0.2, -0.15) is 0 Å². The van der Waals surface area contributed by atoms with E-state index in [-0.39, 0.29) is 6.03 Å². The van der Waals surface area contributed by atoms with E-state index in [0.717, 1.165) is 16.7 Å². The van der Waals surface area contributed by atoms with E-state index in [2.05, 4.69) is 15.6 Å². The number of amides is 2. The lowest BCUT2D eigenvalue weighted by Crippen LogP contribution is -2.34. The fourth-order valence-electron chi connectivity index (χ4n) is 1.87. The van der Waals surface area contributed by atoms with Crippen molar-refractivity contribution in [1.29, 1.82) is 0 Å². The van der Waals surface area contributed by atoms with Crippen LogP contribution < -0.4 is 15.4 Å². The molecule has 1 aromatic carbocycles. The number of nitrogens with one attached hydrogen (secondary N) is 2. The zero-order valence-corrected chi connectivity index (χ0v) is 12.2. The molecule has 0 saturated carbocycles. The van der Waals surface area contributed by atoms with Crippen LogP contribution in [0.15, 0.2) is 42.6 Å². The standard InChI is InChI=1S/C16H19N3O2/c1-12-5-3-4-6-14(12)11-19-16(20)18-10-13-7-8-15(21-2)17-9-13/h3-9H,10-11H2,1-2H3,(H2,18,19,20). The highest BCUT2D eigenvalue weighted by atomic mass is 16.5. The summed E-state index contributed by atoms with van der Waals surface area (Å²) in [7, 11) is 1.57. The van der Waals surface area contributed by atoms with Crippen molar-refractivity contribution >= 4 is 6.03 Å². The first-order valence-corrected chi connectivity index (χ1v) is 6.74. The first-order chi connectivity index (χ1) is 10.2. The number of hydrogen-bond donors (Lipinski definition) is 2. The van der Waals surface area contributed by atoms with Gasteiger partial charge in [-0.25, -0.2) is 9.78 Å². The fraction of sp³-hybridized carbons (Fsp3) is 0.250. The lowest BCUT2D eigenvalue weighted by atomic mass is 10.1. The Morgan fingerprint density at radius 2 is 1.90 bits per heavy atom. The van der Waals surface area contributed by atoms with Crippen LogP contribution in [0, 0.1) is 6.92 Å². The average molecular weight is 285 g/mol. The third-order valence-electron chi connectivity index (χ3n) is 3.16. The summed E-state index contributed by atoms with van der Waals surface area (Å²) < 4.78 is 4.98. The molecule has 0 saturated heterocycles. The molecule has 0 radical (unpaired) electrons. The van der Waals surface area contributed by atoms with Gasteiger partial charge in [0.05, 0.1) is 7.11 Å². The van der Waals surface area contributed by atoms with Gasteiger partial charge >= 0.3 is 6.03 Å². The van der Waals surface area contributed by atoms with Crippen LogP contribution in [0.25, 0.3) is 0 Å². The molecule has 0 spiro atoms. The molecule has 0 aliphatic heterocycles. The summed E-state index contributed by atoms with van der Waals surface area (Å²) >= 11 is 0. The van der Waals surface area contributed by atoms with Gasteiger partial charge in [-0.3, -0.25) is 0 Å². The maximum atomic E-state index is 11.8. The summed E-state index contributed by atoms with van der Waals surface area (Å²) in [6, 6.07) is 11.4. The van der Waals surface area contributed by atoms with Gasteiger partial charge in [0, 0.05) is 25.4 Å². The quantitative estimate of drug-likeness (QED) is 0.886. The second kappa shape index (κ2) is 7.28. The minimum absolute atomic E-state index is 0.200. The summed E-state index contributed by atoms with van der Waals surface area (Å²) in [5.74, 6) is 0.558. The third-order valence-corrected chi connectivity index (χ3v) is 3.16. The van der Waals surface area contributed by atoms with Crippen molar-refractivity contribution in [1.82, 2.24) is 15.6 Å². The van der Waals surface area contributed by atoms with E-state index in [0.29, 0.717) is 19.0 Å². The van der Waals surface area contributed by atoms with Crippen molar-refractivity contribution in [2.75, 3.05) is 7.11 Å². The Balaban J connectivity index is 1.78. The smallest absolute Gasteiger partial charge is 0.315 e. The lowest BCUT2D eigenvalue weighted by Gasteiger charge is -2.09. The van der Waals surface area contributed by atoms with Crippen molar-refractivity contribution in [2.24, 2.45) is 0 Å². The number of rotatable bonds is 5. The molecule has 2 rings (SSSR count). The van der Waals surface area contributed by atoms with Crippen molar-refractivity contribution in [3.05, 3.63) is 59.3 Å². The van der Waals surface area contributed by atoms with Crippen LogP contribution in [-0.2, 0) is 13.1 Å². The molecule has 5 nitrogen and oxygen atoms in total. The fourth-order valence-corrected chi connectivity index (χ4v) is 1.87. The van der Waals surface area contributed by atoms with E-state index in [1.807, 2.05) is 37.3 Å². The molecule has 2 N–H and O–H groups in total. The molecule has 1 aromatic heterocycles. The number of aryl methyl sites for hydroxylation is 1. The van der Waals surface area contributed by atoms with E-state index < -0.39 is 0 Å². The van der Waals surface area contributed by atoms with Crippen LogP contribution in [-0.4, -0.2) is 18.1 Å². The van der Waals surface area contributed by atoms with Crippen molar-refractivity contribution < 1.29 is 9.53 Å². The number of benzene rings is 1. The predicted octanol–water partition coefficient (Wildman–Crippen LogP) is 2.40. The van der Waals surface area contributed by atoms with Crippen LogP contribution in [0.3, 0.4) is 0 Å². The number of carbonyl (C=O) groups is 1. The van der Waals surface area contributed by atoms with Gasteiger partial charge in [-0.1, -0.05) is 30.3 Å². The predicted molar refractivity (Wildman–Crippen MR) is 81.0 cm³/mol. The van der Waals surface area contributed by atoms with Gasteiger partial charge in [0.15, 0.2) is 0 Å². The number of methoxy groups -OCH3 is 1. The zero-order chi connectivity index (χ0) is 15.1. The molecule has 2 amide bonds. The molecule has 1 heterocycles. The van der Waals surface area contributed by atoms with E-state index in [4.69, 9.17) is 4.74 Å². The summed E-state index contributed by atoms with van der Waals surface area (Å²) in [5, 5.41) is 5.63. The van der Waals surface area contributed by atoms with Crippen LogP contribution in [0.1, 0.15) is 16.7 Å². The Morgan fingerprint density at radius 1 is 1.14 bits per heavy atom. The first-order valence-electron chi connectivity index (χ1n) is 6.74. The average Bonchev–Trinajstić information content (AvgIpc) is 2.52. The Morgan fingerprint density at radius 3 is 2.57 bits per heavy atom. The molecule has 110 valence electrons. The van der Waals surface area contributed by atoms with Crippen LogP contribution >= 0.6 is 0 Å². The molecule has 0 atom stereocenters. The molecule has 0 aliphatic carbocycles. The largest absolute Gasteiger partial charge is 0.481 e.